The van der Waals surface area contributed by atoms with Gasteiger partial charge in [-0.05, 0) is 25.8 Å². The Morgan fingerprint density at radius 2 is 1.80 bits per heavy atom. The molecule has 0 amide bonds. The van der Waals surface area contributed by atoms with Crippen LogP contribution in [0, 0.1) is 0 Å². The molecule has 112 valence electrons. The molecule has 0 aromatic heterocycles. The molecule has 1 aliphatic rings. The topological polar surface area (TPSA) is 46.6 Å². The van der Waals surface area contributed by atoms with Crippen molar-refractivity contribution >= 4 is 33.2 Å². The van der Waals surface area contributed by atoms with Crippen molar-refractivity contribution in [2.24, 2.45) is 0 Å². The maximum absolute atomic E-state index is 12.6. The van der Waals surface area contributed by atoms with Crippen LogP contribution in [0.25, 0.3) is 0 Å². The highest BCUT2D eigenvalue weighted by atomic mass is 35.5. The van der Waals surface area contributed by atoms with Gasteiger partial charge in [-0.15, -0.1) is 0 Å². The first-order chi connectivity index (χ1) is 9.46. The zero-order valence-corrected chi connectivity index (χ0v) is 13.6. The number of ether oxygens (including phenoxy) is 1. The van der Waals surface area contributed by atoms with Crippen LogP contribution in [0.1, 0.15) is 26.2 Å². The Balaban J connectivity index is 2.38. The van der Waals surface area contributed by atoms with Crippen LogP contribution in [0.5, 0.6) is 5.75 Å². The van der Waals surface area contributed by atoms with E-state index < -0.39 is 10.0 Å². The summed E-state index contributed by atoms with van der Waals surface area (Å²) in [4.78, 5) is 0.0505. The predicted octanol–water partition coefficient (Wildman–Crippen LogP) is 3.57. The highest BCUT2D eigenvalue weighted by molar-refractivity contribution is 7.89. The lowest BCUT2D eigenvalue weighted by atomic mass is 10.2. The van der Waals surface area contributed by atoms with Gasteiger partial charge in [-0.2, -0.15) is 4.31 Å². The van der Waals surface area contributed by atoms with Crippen LogP contribution in [-0.4, -0.2) is 32.4 Å². The third kappa shape index (κ3) is 3.22. The van der Waals surface area contributed by atoms with Crippen molar-refractivity contribution in [3.63, 3.8) is 0 Å². The van der Waals surface area contributed by atoms with Crippen molar-refractivity contribution in [3.05, 3.63) is 22.2 Å². The van der Waals surface area contributed by atoms with Gasteiger partial charge in [0.1, 0.15) is 10.6 Å². The highest BCUT2D eigenvalue weighted by Crippen LogP contribution is 2.35. The van der Waals surface area contributed by atoms with Crippen molar-refractivity contribution in [1.82, 2.24) is 4.31 Å². The Labute approximate surface area is 129 Å². The Kier molecular flexibility index (Phi) is 5.18. The normalized spacial score (nSPS) is 17.1. The summed E-state index contributed by atoms with van der Waals surface area (Å²) in [6.07, 6.45) is 2.81. The molecule has 2 rings (SSSR count). The second-order valence-corrected chi connectivity index (χ2v) is 7.33. The van der Waals surface area contributed by atoms with Gasteiger partial charge in [0.15, 0.2) is 0 Å². The lowest BCUT2D eigenvalue weighted by Crippen LogP contribution is -2.35. The first-order valence-electron chi connectivity index (χ1n) is 6.59. The Bertz CT molecular complexity index is 584. The molecule has 0 radical (unpaired) electrons. The van der Waals surface area contributed by atoms with E-state index in [2.05, 4.69) is 0 Å². The number of halogens is 2. The van der Waals surface area contributed by atoms with E-state index in [0.717, 1.165) is 19.3 Å². The molecule has 1 aromatic rings. The van der Waals surface area contributed by atoms with Gasteiger partial charge in [-0.3, -0.25) is 0 Å². The van der Waals surface area contributed by atoms with Crippen molar-refractivity contribution in [2.75, 3.05) is 19.7 Å². The van der Waals surface area contributed by atoms with Gasteiger partial charge < -0.3 is 4.74 Å². The minimum absolute atomic E-state index is 0.0505. The standard InChI is InChI=1S/C13H17Cl2NO3S/c1-2-19-12-8-11(15)13(9-10(12)14)20(17,18)16-6-4-3-5-7-16/h8-9H,2-7H2,1H3. The van der Waals surface area contributed by atoms with E-state index in [-0.39, 0.29) is 14.9 Å². The number of hydrogen-bond acceptors (Lipinski definition) is 3. The number of hydrogen-bond donors (Lipinski definition) is 0. The maximum Gasteiger partial charge on any atom is 0.244 e. The molecular weight excluding hydrogens is 321 g/mol. The van der Waals surface area contributed by atoms with Crippen LogP contribution >= 0.6 is 23.2 Å². The number of benzene rings is 1. The molecule has 0 N–H and O–H groups in total. The fraction of sp³-hybridized carbons (Fsp3) is 0.538. The average molecular weight is 338 g/mol. The van der Waals surface area contributed by atoms with Gasteiger partial charge in [0.2, 0.25) is 10.0 Å². The second kappa shape index (κ2) is 6.52. The third-order valence-corrected chi connectivity index (χ3v) is 5.88. The minimum atomic E-state index is -3.59. The molecule has 0 unspecified atom stereocenters. The zero-order valence-electron chi connectivity index (χ0n) is 11.2. The molecule has 1 saturated heterocycles. The molecule has 0 saturated carbocycles. The van der Waals surface area contributed by atoms with E-state index in [0.29, 0.717) is 25.4 Å². The minimum Gasteiger partial charge on any atom is -0.492 e. The molecule has 0 aliphatic carbocycles. The summed E-state index contributed by atoms with van der Waals surface area (Å²) in [7, 11) is -3.59. The van der Waals surface area contributed by atoms with Gasteiger partial charge in [-0.1, -0.05) is 29.6 Å². The largest absolute Gasteiger partial charge is 0.492 e. The first-order valence-corrected chi connectivity index (χ1v) is 8.78. The maximum atomic E-state index is 12.6. The van der Waals surface area contributed by atoms with Crippen molar-refractivity contribution in [3.8, 4) is 5.75 Å². The monoisotopic (exact) mass is 337 g/mol. The molecule has 20 heavy (non-hydrogen) atoms. The van der Waals surface area contributed by atoms with Crippen molar-refractivity contribution < 1.29 is 13.2 Å². The Hall–Kier alpha value is -0.490. The number of rotatable bonds is 4. The lowest BCUT2D eigenvalue weighted by Gasteiger charge is -2.26. The smallest absolute Gasteiger partial charge is 0.244 e. The highest BCUT2D eigenvalue weighted by Gasteiger charge is 2.29. The van der Waals surface area contributed by atoms with Gasteiger partial charge >= 0.3 is 0 Å². The van der Waals surface area contributed by atoms with E-state index in [9.17, 15) is 8.42 Å². The van der Waals surface area contributed by atoms with E-state index in [1.54, 1.807) is 0 Å². The SMILES string of the molecule is CCOc1cc(Cl)c(S(=O)(=O)N2CCCCC2)cc1Cl. The summed E-state index contributed by atoms with van der Waals surface area (Å²) >= 11 is 12.2. The molecule has 1 aliphatic heterocycles. The van der Waals surface area contributed by atoms with Gasteiger partial charge in [0.05, 0.1) is 16.7 Å². The fourth-order valence-electron chi connectivity index (χ4n) is 2.22. The molecule has 0 bridgehead atoms. The molecule has 7 heteroatoms. The van der Waals surface area contributed by atoms with E-state index in [1.807, 2.05) is 6.92 Å². The molecule has 1 aromatic carbocycles. The average Bonchev–Trinajstić information content (AvgIpc) is 2.43. The third-order valence-electron chi connectivity index (χ3n) is 3.22. The Morgan fingerprint density at radius 3 is 2.40 bits per heavy atom. The summed E-state index contributed by atoms with van der Waals surface area (Å²) in [5, 5.41) is 0.398. The van der Waals surface area contributed by atoms with Gasteiger partial charge in [0.25, 0.3) is 0 Å². The van der Waals surface area contributed by atoms with Crippen LogP contribution in [0.4, 0.5) is 0 Å². The van der Waals surface area contributed by atoms with Gasteiger partial charge in [-0.25, -0.2) is 8.42 Å². The molecule has 1 heterocycles. The molecule has 1 fully saturated rings. The molecular formula is C13H17Cl2NO3S. The van der Waals surface area contributed by atoms with Crippen LogP contribution in [0.3, 0.4) is 0 Å². The van der Waals surface area contributed by atoms with E-state index in [4.69, 9.17) is 27.9 Å². The summed E-state index contributed by atoms with van der Waals surface area (Å²) in [6.45, 7) is 3.32. The van der Waals surface area contributed by atoms with Crippen molar-refractivity contribution in [1.29, 1.82) is 0 Å². The summed E-state index contributed by atoms with van der Waals surface area (Å²) in [6, 6.07) is 2.84. The number of piperidine rings is 1. The van der Waals surface area contributed by atoms with Crippen LogP contribution in [0.2, 0.25) is 10.0 Å². The quantitative estimate of drug-likeness (QED) is 0.843. The lowest BCUT2D eigenvalue weighted by molar-refractivity contribution is 0.339. The summed E-state index contributed by atoms with van der Waals surface area (Å²) < 4.78 is 31.9. The number of nitrogens with zero attached hydrogens (tertiary/aromatic N) is 1. The fourth-order valence-corrected chi connectivity index (χ4v) is 4.54. The molecule has 0 spiro atoms. The van der Waals surface area contributed by atoms with E-state index in [1.165, 1.54) is 16.4 Å². The number of sulfonamides is 1. The van der Waals surface area contributed by atoms with Crippen LogP contribution in [-0.2, 0) is 10.0 Å². The van der Waals surface area contributed by atoms with Crippen LogP contribution < -0.4 is 4.74 Å². The predicted molar refractivity (Wildman–Crippen MR) is 80.2 cm³/mol. The van der Waals surface area contributed by atoms with Gasteiger partial charge in [0, 0.05) is 19.2 Å². The molecule has 0 atom stereocenters. The summed E-state index contributed by atoms with van der Waals surface area (Å²) in [5.41, 5.74) is 0. The Morgan fingerprint density at radius 1 is 1.15 bits per heavy atom. The van der Waals surface area contributed by atoms with Crippen molar-refractivity contribution in [2.45, 2.75) is 31.1 Å². The summed E-state index contributed by atoms with van der Waals surface area (Å²) in [5.74, 6) is 0.400. The zero-order chi connectivity index (χ0) is 14.8. The first kappa shape index (κ1) is 15.9. The molecule has 4 nitrogen and oxygen atoms in total. The van der Waals surface area contributed by atoms with Crippen LogP contribution in [0.15, 0.2) is 17.0 Å². The second-order valence-electron chi connectivity index (χ2n) is 4.61. The van der Waals surface area contributed by atoms with E-state index >= 15 is 0 Å².